The smallest absolute Gasteiger partial charge is 0.244 e. The van der Waals surface area contributed by atoms with Crippen LogP contribution in [0.2, 0.25) is 0 Å². The van der Waals surface area contributed by atoms with E-state index < -0.39 is 0 Å². The largest absolute Gasteiger partial charge is 0.378 e. The van der Waals surface area contributed by atoms with Crippen LogP contribution < -0.4 is 10.2 Å². The molecule has 21 heavy (non-hydrogen) atoms. The van der Waals surface area contributed by atoms with Crippen LogP contribution in [0.3, 0.4) is 0 Å². The van der Waals surface area contributed by atoms with Gasteiger partial charge < -0.3 is 10.2 Å². The molecule has 1 N–H and O–H groups in total. The predicted octanol–water partition coefficient (Wildman–Crippen LogP) is 3.91. The molecule has 5 heteroatoms. The lowest BCUT2D eigenvalue weighted by molar-refractivity contribution is -0.116. The number of thiophene rings is 1. The molecule has 2 rings (SSSR count). The Balaban J connectivity index is 1.84. The topological polar surface area (TPSA) is 32.3 Å². The molecule has 0 saturated heterocycles. The number of hydrogen-bond donors (Lipinski definition) is 1. The maximum Gasteiger partial charge on any atom is 0.244 e. The first kappa shape index (κ1) is 15.8. The van der Waals surface area contributed by atoms with Gasteiger partial charge in [0.2, 0.25) is 5.91 Å². The molecule has 2 aromatic rings. The first-order chi connectivity index (χ1) is 10.0. The summed E-state index contributed by atoms with van der Waals surface area (Å²) in [4.78, 5) is 14.9. The minimum absolute atomic E-state index is 0.0868. The lowest BCUT2D eigenvalue weighted by Gasteiger charge is -2.12. The zero-order valence-electron chi connectivity index (χ0n) is 12.0. The van der Waals surface area contributed by atoms with Crippen molar-refractivity contribution in [3.05, 3.63) is 56.7 Å². The highest BCUT2D eigenvalue weighted by Gasteiger charge is 1.99. The third-order valence-corrected chi connectivity index (χ3v) is 4.50. The van der Waals surface area contributed by atoms with E-state index in [1.807, 2.05) is 61.5 Å². The fraction of sp³-hybridized carbons (Fsp3) is 0.188. The molecular weight excluding hydrogens is 348 g/mol. The van der Waals surface area contributed by atoms with Crippen LogP contribution in [0.15, 0.2) is 46.3 Å². The third kappa shape index (κ3) is 5.02. The molecule has 3 nitrogen and oxygen atoms in total. The average Bonchev–Trinajstić information content (AvgIpc) is 2.89. The van der Waals surface area contributed by atoms with Crippen LogP contribution in [0.5, 0.6) is 0 Å². The van der Waals surface area contributed by atoms with Gasteiger partial charge in [-0.25, -0.2) is 0 Å². The number of benzene rings is 1. The number of carbonyl (C=O) groups excluding carboxylic acids is 1. The first-order valence-electron chi connectivity index (χ1n) is 6.52. The van der Waals surface area contributed by atoms with Crippen molar-refractivity contribution in [1.82, 2.24) is 5.32 Å². The Labute approximate surface area is 137 Å². The second-order valence-electron chi connectivity index (χ2n) is 4.75. The van der Waals surface area contributed by atoms with Crippen molar-refractivity contribution in [2.45, 2.75) is 6.54 Å². The molecular formula is C16H17BrN2OS. The molecule has 1 heterocycles. The molecule has 110 valence electrons. The minimum Gasteiger partial charge on any atom is -0.378 e. The van der Waals surface area contributed by atoms with Gasteiger partial charge >= 0.3 is 0 Å². The Hall–Kier alpha value is -1.59. The van der Waals surface area contributed by atoms with Gasteiger partial charge in [0.1, 0.15) is 0 Å². The summed E-state index contributed by atoms with van der Waals surface area (Å²) in [5.41, 5.74) is 2.23. The van der Waals surface area contributed by atoms with Crippen molar-refractivity contribution in [2.75, 3.05) is 19.0 Å². The molecule has 0 atom stereocenters. The lowest BCUT2D eigenvalue weighted by atomic mass is 10.2. The van der Waals surface area contributed by atoms with E-state index in [0.29, 0.717) is 6.54 Å². The second kappa shape index (κ2) is 7.43. The standard InChI is InChI=1S/C16H17BrN2OS/c1-19(2)13-5-3-12(4-6-13)11-18-16(20)10-8-14-7-9-15(17)21-14/h3-10H,11H2,1-2H3,(H,18,20)/b10-8+. The Morgan fingerprint density at radius 2 is 1.95 bits per heavy atom. The molecule has 0 bridgehead atoms. The van der Waals surface area contributed by atoms with Crippen molar-refractivity contribution < 1.29 is 4.79 Å². The zero-order chi connectivity index (χ0) is 15.2. The van der Waals surface area contributed by atoms with Crippen molar-refractivity contribution in [3.63, 3.8) is 0 Å². The SMILES string of the molecule is CN(C)c1ccc(CNC(=O)/C=C/c2ccc(Br)s2)cc1. The fourth-order valence-corrected chi connectivity index (χ4v) is 3.06. The summed E-state index contributed by atoms with van der Waals surface area (Å²) in [7, 11) is 4.01. The molecule has 0 aliphatic carbocycles. The van der Waals surface area contributed by atoms with Crippen LogP contribution in [0, 0.1) is 0 Å². The van der Waals surface area contributed by atoms with Crippen LogP contribution >= 0.6 is 27.3 Å². The van der Waals surface area contributed by atoms with Gasteiger partial charge in [-0.15, -0.1) is 11.3 Å². The molecule has 1 amide bonds. The number of rotatable bonds is 5. The van der Waals surface area contributed by atoms with E-state index in [1.165, 1.54) is 0 Å². The van der Waals surface area contributed by atoms with Crippen molar-refractivity contribution in [3.8, 4) is 0 Å². The summed E-state index contributed by atoms with van der Waals surface area (Å²) in [6.07, 6.45) is 3.38. The van der Waals surface area contributed by atoms with E-state index in [9.17, 15) is 4.79 Å². The van der Waals surface area contributed by atoms with E-state index in [2.05, 4.69) is 21.2 Å². The highest BCUT2D eigenvalue weighted by molar-refractivity contribution is 9.11. The summed E-state index contributed by atoms with van der Waals surface area (Å²) in [6.45, 7) is 0.533. The second-order valence-corrected chi connectivity index (χ2v) is 7.25. The summed E-state index contributed by atoms with van der Waals surface area (Å²) >= 11 is 4.99. The van der Waals surface area contributed by atoms with Gasteiger partial charge in [-0.1, -0.05) is 12.1 Å². The Kier molecular flexibility index (Phi) is 5.59. The summed E-state index contributed by atoms with van der Waals surface area (Å²) < 4.78 is 1.06. The number of hydrogen-bond acceptors (Lipinski definition) is 3. The average molecular weight is 365 g/mol. The van der Waals surface area contributed by atoms with E-state index >= 15 is 0 Å². The summed E-state index contributed by atoms with van der Waals surface area (Å²) in [6, 6.07) is 12.1. The van der Waals surface area contributed by atoms with Crippen molar-refractivity contribution in [1.29, 1.82) is 0 Å². The number of halogens is 1. The van der Waals surface area contributed by atoms with Crippen LogP contribution in [-0.4, -0.2) is 20.0 Å². The first-order valence-corrected chi connectivity index (χ1v) is 8.13. The molecule has 0 radical (unpaired) electrons. The van der Waals surface area contributed by atoms with Gasteiger partial charge in [-0.3, -0.25) is 4.79 Å². The number of nitrogens with one attached hydrogen (secondary N) is 1. The molecule has 0 aliphatic rings. The Bertz CT molecular complexity index is 632. The molecule has 0 saturated carbocycles. The number of nitrogens with zero attached hydrogens (tertiary/aromatic N) is 1. The van der Waals surface area contributed by atoms with Crippen molar-refractivity contribution >= 4 is 44.9 Å². The summed E-state index contributed by atoms with van der Waals surface area (Å²) in [5, 5.41) is 2.88. The van der Waals surface area contributed by atoms with Crippen LogP contribution in [-0.2, 0) is 11.3 Å². The molecule has 0 unspecified atom stereocenters. The van der Waals surface area contributed by atoms with Gasteiger partial charge in [0.15, 0.2) is 0 Å². The third-order valence-electron chi connectivity index (χ3n) is 2.91. The van der Waals surface area contributed by atoms with Gasteiger partial charge in [0.25, 0.3) is 0 Å². The van der Waals surface area contributed by atoms with Crippen molar-refractivity contribution in [2.24, 2.45) is 0 Å². The van der Waals surface area contributed by atoms with Crippen LogP contribution in [0.1, 0.15) is 10.4 Å². The van der Waals surface area contributed by atoms with E-state index in [1.54, 1.807) is 17.4 Å². The molecule has 0 aliphatic heterocycles. The minimum atomic E-state index is -0.0868. The number of carbonyl (C=O) groups is 1. The highest BCUT2D eigenvalue weighted by Crippen LogP contribution is 2.22. The maximum absolute atomic E-state index is 11.8. The van der Waals surface area contributed by atoms with E-state index in [0.717, 1.165) is 19.9 Å². The van der Waals surface area contributed by atoms with Crippen LogP contribution in [0.4, 0.5) is 5.69 Å². The Morgan fingerprint density at radius 3 is 2.52 bits per heavy atom. The maximum atomic E-state index is 11.8. The quantitative estimate of drug-likeness (QED) is 0.815. The van der Waals surface area contributed by atoms with E-state index in [4.69, 9.17) is 0 Å². The molecule has 0 fully saturated rings. The molecule has 1 aromatic carbocycles. The summed E-state index contributed by atoms with van der Waals surface area (Å²) in [5.74, 6) is -0.0868. The van der Waals surface area contributed by atoms with Gasteiger partial charge in [0, 0.05) is 37.3 Å². The fourth-order valence-electron chi connectivity index (χ4n) is 1.74. The van der Waals surface area contributed by atoms with Gasteiger partial charge in [-0.05, 0) is 51.8 Å². The lowest BCUT2D eigenvalue weighted by Crippen LogP contribution is -2.20. The monoisotopic (exact) mass is 364 g/mol. The Morgan fingerprint density at radius 1 is 1.24 bits per heavy atom. The van der Waals surface area contributed by atoms with Crippen LogP contribution in [0.25, 0.3) is 6.08 Å². The normalized spacial score (nSPS) is 10.8. The number of amides is 1. The molecule has 0 spiro atoms. The van der Waals surface area contributed by atoms with E-state index in [-0.39, 0.29) is 5.91 Å². The number of anilines is 1. The highest BCUT2D eigenvalue weighted by atomic mass is 79.9. The predicted molar refractivity (Wildman–Crippen MR) is 93.7 cm³/mol. The molecule has 1 aromatic heterocycles. The zero-order valence-corrected chi connectivity index (χ0v) is 14.4. The van der Waals surface area contributed by atoms with Gasteiger partial charge in [0.05, 0.1) is 3.79 Å². The van der Waals surface area contributed by atoms with Gasteiger partial charge in [-0.2, -0.15) is 0 Å².